The Balaban J connectivity index is 1.27. The average Bonchev–Trinajstić information content (AvgIpc) is 3.21. The summed E-state index contributed by atoms with van der Waals surface area (Å²) in [7, 11) is 0. The second-order valence-corrected chi connectivity index (χ2v) is 7.87. The zero-order valence-electron chi connectivity index (χ0n) is 15.8. The first kappa shape index (κ1) is 17.5. The molecule has 2 aliphatic heterocycles. The number of carbonyl (C=O) groups is 1. The van der Waals surface area contributed by atoms with Crippen LogP contribution in [0.5, 0.6) is 0 Å². The molecule has 28 heavy (non-hydrogen) atoms. The molecule has 1 N–H and O–H groups in total. The van der Waals surface area contributed by atoms with Gasteiger partial charge >= 0.3 is 0 Å². The number of nitrogens with one attached hydrogen (secondary N) is 1. The van der Waals surface area contributed by atoms with Gasteiger partial charge in [0.05, 0.1) is 25.5 Å². The molecule has 0 saturated carbocycles. The Morgan fingerprint density at radius 3 is 2.68 bits per heavy atom. The minimum Gasteiger partial charge on any atom is -0.378 e. The molecule has 2 saturated heterocycles. The Morgan fingerprint density at radius 2 is 1.96 bits per heavy atom. The Morgan fingerprint density at radius 1 is 1.11 bits per heavy atom. The molecule has 144 valence electrons. The van der Waals surface area contributed by atoms with Gasteiger partial charge in [0.15, 0.2) is 0 Å². The smallest absolute Gasteiger partial charge is 0.142 e. The fourth-order valence-corrected chi connectivity index (χ4v) is 4.22. The number of aromatic amines is 1. The van der Waals surface area contributed by atoms with Crippen LogP contribution in [0.2, 0.25) is 0 Å². The quantitative estimate of drug-likeness (QED) is 0.741. The lowest BCUT2D eigenvalue weighted by molar-refractivity contribution is -0.125. The highest BCUT2D eigenvalue weighted by Gasteiger charge is 2.31. The number of aromatic nitrogens is 3. The fraction of sp³-hybridized carbons (Fsp3) is 0.409. The normalized spacial score (nSPS) is 19.0. The minimum atomic E-state index is 0.159. The summed E-state index contributed by atoms with van der Waals surface area (Å²) in [5.74, 6) is 0.481. The van der Waals surface area contributed by atoms with Gasteiger partial charge in [-0.05, 0) is 49.0 Å². The maximum atomic E-state index is 12.8. The van der Waals surface area contributed by atoms with E-state index in [4.69, 9.17) is 4.74 Å². The molecule has 2 aromatic heterocycles. The molecule has 3 aromatic rings. The number of pyridine rings is 1. The number of benzene rings is 1. The number of H-pyrrole nitrogens is 1. The third kappa shape index (κ3) is 3.45. The van der Waals surface area contributed by atoms with E-state index < -0.39 is 0 Å². The van der Waals surface area contributed by atoms with Gasteiger partial charge in [0.25, 0.3) is 0 Å². The van der Waals surface area contributed by atoms with Crippen molar-refractivity contribution in [3.63, 3.8) is 0 Å². The SMILES string of the molecule is O=C(Cc1cc2cc(-c3cn[nH]c3)ccc2cn1)C1CCN(C2COC2)CC1. The molecule has 6 nitrogen and oxygen atoms in total. The summed E-state index contributed by atoms with van der Waals surface area (Å²) in [6.07, 6.45) is 7.89. The molecule has 0 radical (unpaired) electrons. The highest BCUT2D eigenvalue weighted by atomic mass is 16.5. The number of piperidine rings is 1. The highest BCUT2D eigenvalue weighted by molar-refractivity contribution is 5.88. The van der Waals surface area contributed by atoms with Crippen LogP contribution in [0.15, 0.2) is 42.9 Å². The van der Waals surface area contributed by atoms with Gasteiger partial charge in [-0.25, -0.2) is 0 Å². The number of carbonyl (C=O) groups excluding carboxylic acids is 1. The first-order chi connectivity index (χ1) is 13.8. The van der Waals surface area contributed by atoms with Crippen LogP contribution in [-0.4, -0.2) is 58.2 Å². The van der Waals surface area contributed by atoms with Gasteiger partial charge in [-0.15, -0.1) is 0 Å². The predicted octanol–water partition coefficient (Wildman–Crippen LogP) is 2.85. The Hall–Kier alpha value is -2.57. The third-order valence-corrected chi connectivity index (χ3v) is 6.09. The first-order valence-corrected chi connectivity index (χ1v) is 9.98. The molecule has 0 amide bonds. The van der Waals surface area contributed by atoms with Crippen LogP contribution in [0.1, 0.15) is 18.5 Å². The third-order valence-electron chi connectivity index (χ3n) is 6.09. The zero-order valence-corrected chi connectivity index (χ0v) is 15.8. The lowest BCUT2D eigenvalue weighted by Gasteiger charge is -2.41. The number of ketones is 1. The number of likely N-dealkylation sites (tertiary alicyclic amines) is 1. The van der Waals surface area contributed by atoms with E-state index in [1.54, 1.807) is 0 Å². The van der Waals surface area contributed by atoms with E-state index in [9.17, 15) is 4.79 Å². The van der Waals surface area contributed by atoms with Crippen molar-refractivity contribution < 1.29 is 9.53 Å². The van der Waals surface area contributed by atoms with Gasteiger partial charge in [-0.1, -0.05) is 12.1 Å². The summed E-state index contributed by atoms with van der Waals surface area (Å²) < 4.78 is 5.29. The monoisotopic (exact) mass is 376 g/mol. The van der Waals surface area contributed by atoms with Crippen molar-refractivity contribution in [2.75, 3.05) is 26.3 Å². The molecule has 2 aliphatic rings. The summed E-state index contributed by atoms with van der Waals surface area (Å²) >= 11 is 0. The van der Waals surface area contributed by atoms with Crippen LogP contribution in [-0.2, 0) is 16.0 Å². The van der Waals surface area contributed by atoms with Crippen LogP contribution in [0.25, 0.3) is 21.9 Å². The molecule has 6 heteroatoms. The topological polar surface area (TPSA) is 71.1 Å². The first-order valence-electron chi connectivity index (χ1n) is 9.98. The standard InChI is InChI=1S/C22H24N4O2/c27-22(15-3-5-26(6-4-15)21-13-28-14-21)9-20-8-18-7-16(19-11-24-25-12-19)1-2-17(18)10-23-20/h1-2,7-8,10-12,15,21H,3-6,9,13-14H2,(H,24,25). The molecular weight excluding hydrogens is 352 g/mol. The van der Waals surface area contributed by atoms with E-state index in [0.29, 0.717) is 18.2 Å². The van der Waals surface area contributed by atoms with E-state index >= 15 is 0 Å². The fourth-order valence-electron chi connectivity index (χ4n) is 4.22. The molecule has 5 rings (SSSR count). The Labute approximate surface area is 163 Å². The second kappa shape index (κ2) is 7.45. The van der Waals surface area contributed by atoms with Crippen molar-refractivity contribution in [2.45, 2.75) is 25.3 Å². The van der Waals surface area contributed by atoms with Crippen molar-refractivity contribution in [1.82, 2.24) is 20.1 Å². The maximum Gasteiger partial charge on any atom is 0.142 e. The Kier molecular flexibility index (Phi) is 4.66. The summed E-state index contributed by atoms with van der Waals surface area (Å²) in [4.78, 5) is 19.8. The molecule has 1 aromatic carbocycles. The average molecular weight is 376 g/mol. The summed E-state index contributed by atoms with van der Waals surface area (Å²) in [5.41, 5.74) is 3.02. The van der Waals surface area contributed by atoms with Crippen molar-refractivity contribution in [3.8, 4) is 11.1 Å². The zero-order chi connectivity index (χ0) is 18.9. The van der Waals surface area contributed by atoms with E-state index in [-0.39, 0.29) is 5.92 Å². The van der Waals surface area contributed by atoms with Gasteiger partial charge in [0.1, 0.15) is 5.78 Å². The van der Waals surface area contributed by atoms with Gasteiger partial charge in [0, 0.05) is 41.4 Å². The lowest BCUT2D eigenvalue weighted by atomic mass is 9.89. The number of nitrogens with zero attached hydrogens (tertiary/aromatic N) is 3. The van der Waals surface area contributed by atoms with Gasteiger partial charge in [0.2, 0.25) is 0 Å². The van der Waals surface area contributed by atoms with Crippen LogP contribution in [0.4, 0.5) is 0 Å². The molecule has 0 spiro atoms. The highest BCUT2D eigenvalue weighted by Crippen LogP contribution is 2.26. The predicted molar refractivity (Wildman–Crippen MR) is 107 cm³/mol. The van der Waals surface area contributed by atoms with Crippen molar-refractivity contribution in [3.05, 3.63) is 48.5 Å². The second-order valence-electron chi connectivity index (χ2n) is 7.87. The van der Waals surface area contributed by atoms with Crippen molar-refractivity contribution >= 4 is 16.6 Å². The van der Waals surface area contributed by atoms with Crippen LogP contribution in [0.3, 0.4) is 0 Å². The number of ether oxygens (including phenoxy) is 1. The van der Waals surface area contributed by atoms with Crippen LogP contribution >= 0.6 is 0 Å². The van der Waals surface area contributed by atoms with Gasteiger partial charge in [-0.3, -0.25) is 19.8 Å². The molecule has 4 heterocycles. The number of hydrogen-bond donors (Lipinski definition) is 1. The lowest BCUT2D eigenvalue weighted by Crippen LogP contribution is -2.52. The van der Waals surface area contributed by atoms with Crippen LogP contribution < -0.4 is 0 Å². The van der Waals surface area contributed by atoms with Crippen LogP contribution in [0, 0.1) is 5.92 Å². The number of fused-ring (bicyclic) bond motifs is 1. The summed E-state index contributed by atoms with van der Waals surface area (Å²) in [6, 6.07) is 8.89. The minimum absolute atomic E-state index is 0.159. The molecule has 2 fully saturated rings. The largest absolute Gasteiger partial charge is 0.378 e. The Bertz CT molecular complexity index is 973. The van der Waals surface area contributed by atoms with E-state index in [0.717, 1.165) is 66.7 Å². The molecule has 0 atom stereocenters. The molecule has 0 bridgehead atoms. The number of hydrogen-bond acceptors (Lipinski definition) is 5. The molecular formula is C22H24N4O2. The maximum absolute atomic E-state index is 12.8. The summed E-state index contributed by atoms with van der Waals surface area (Å²) in [5, 5.41) is 9.06. The summed E-state index contributed by atoms with van der Waals surface area (Å²) in [6.45, 7) is 3.70. The van der Waals surface area contributed by atoms with Gasteiger partial charge in [-0.2, -0.15) is 5.10 Å². The van der Waals surface area contributed by atoms with E-state index in [1.807, 2.05) is 18.6 Å². The number of Topliss-reactive ketones (excluding diaryl/α,β-unsaturated/α-hetero) is 1. The van der Waals surface area contributed by atoms with E-state index in [1.165, 1.54) is 0 Å². The van der Waals surface area contributed by atoms with Crippen molar-refractivity contribution in [1.29, 1.82) is 0 Å². The van der Waals surface area contributed by atoms with Crippen molar-refractivity contribution in [2.24, 2.45) is 5.92 Å². The van der Waals surface area contributed by atoms with E-state index in [2.05, 4.69) is 44.3 Å². The molecule has 0 unspecified atom stereocenters. The molecule has 0 aliphatic carbocycles. The number of rotatable bonds is 5. The van der Waals surface area contributed by atoms with Gasteiger partial charge < -0.3 is 4.74 Å².